The molecule has 2 amide bonds. The molecule has 6 heteroatoms. The van der Waals surface area contributed by atoms with Gasteiger partial charge in [0, 0.05) is 13.1 Å². The zero-order chi connectivity index (χ0) is 16.9. The molecule has 126 valence electrons. The quantitative estimate of drug-likeness (QED) is 0.686. The van der Waals surface area contributed by atoms with Gasteiger partial charge in [0.2, 0.25) is 5.91 Å². The van der Waals surface area contributed by atoms with Gasteiger partial charge in [0.15, 0.2) is 5.60 Å². The number of piperidine rings is 1. The van der Waals surface area contributed by atoms with E-state index >= 15 is 0 Å². The van der Waals surface area contributed by atoms with E-state index in [1.165, 1.54) is 11.1 Å². The van der Waals surface area contributed by atoms with Gasteiger partial charge in [-0.2, -0.15) is 0 Å². The molecule has 1 atom stereocenters. The van der Waals surface area contributed by atoms with E-state index in [0.29, 0.717) is 25.9 Å². The molecule has 1 aliphatic rings. The molecule has 1 aromatic rings. The molecule has 0 bridgehead atoms. The van der Waals surface area contributed by atoms with Gasteiger partial charge in [-0.3, -0.25) is 14.5 Å². The summed E-state index contributed by atoms with van der Waals surface area (Å²) in [6.45, 7) is 3.59. The van der Waals surface area contributed by atoms with Crippen LogP contribution in [-0.2, 0) is 16.0 Å². The number of primary amides is 1. The highest BCUT2D eigenvalue weighted by Gasteiger charge is 2.38. The monoisotopic (exact) mass is 319 g/mol. The standard InChI is InChI=1S/C17H25N3O3/c1-13-5-2-3-6-14(13)7-9-19-15(21)11-20-10-4-8-17(23,12-20)16(18)22/h2-3,5-6,23H,4,7-12H2,1H3,(H2,18,22)(H,19,21)/t17-/m1/s1. The summed E-state index contributed by atoms with van der Waals surface area (Å²) in [5.41, 5.74) is 6.15. The molecule has 1 aliphatic heterocycles. The van der Waals surface area contributed by atoms with E-state index in [4.69, 9.17) is 5.73 Å². The lowest BCUT2D eigenvalue weighted by Crippen LogP contribution is -2.57. The second-order valence-corrected chi connectivity index (χ2v) is 6.24. The number of aliphatic hydroxyl groups is 1. The van der Waals surface area contributed by atoms with E-state index in [-0.39, 0.29) is 19.0 Å². The van der Waals surface area contributed by atoms with Gasteiger partial charge >= 0.3 is 0 Å². The van der Waals surface area contributed by atoms with Crippen LogP contribution in [0.15, 0.2) is 24.3 Å². The van der Waals surface area contributed by atoms with Crippen molar-refractivity contribution >= 4 is 11.8 Å². The predicted octanol–water partition coefficient (Wildman–Crippen LogP) is -0.0341. The molecular weight excluding hydrogens is 294 g/mol. The van der Waals surface area contributed by atoms with Gasteiger partial charge in [-0.05, 0) is 43.9 Å². The fraction of sp³-hybridized carbons (Fsp3) is 0.529. The van der Waals surface area contributed by atoms with Gasteiger partial charge in [-0.25, -0.2) is 0 Å². The number of amides is 2. The third-order valence-electron chi connectivity index (χ3n) is 4.35. The first-order valence-corrected chi connectivity index (χ1v) is 7.96. The first kappa shape index (κ1) is 17.4. The number of rotatable bonds is 6. The van der Waals surface area contributed by atoms with E-state index in [1.807, 2.05) is 12.1 Å². The van der Waals surface area contributed by atoms with Crippen LogP contribution in [0.1, 0.15) is 24.0 Å². The first-order valence-electron chi connectivity index (χ1n) is 7.96. The number of β-amino-alcohol motifs (C(OH)–C–C–N with tert-alkyl or cyclic N) is 1. The molecule has 1 saturated heterocycles. The molecular formula is C17H25N3O3. The van der Waals surface area contributed by atoms with Crippen molar-refractivity contribution in [3.63, 3.8) is 0 Å². The minimum atomic E-state index is -1.51. The maximum absolute atomic E-state index is 12.0. The van der Waals surface area contributed by atoms with Crippen molar-refractivity contribution < 1.29 is 14.7 Å². The van der Waals surface area contributed by atoms with Crippen molar-refractivity contribution in [1.29, 1.82) is 0 Å². The average Bonchev–Trinajstić information content (AvgIpc) is 2.49. The number of aryl methyl sites for hydroxylation is 1. The fourth-order valence-corrected chi connectivity index (χ4v) is 2.95. The first-order chi connectivity index (χ1) is 10.9. The third kappa shape index (κ3) is 4.77. The summed E-state index contributed by atoms with van der Waals surface area (Å²) in [6.07, 6.45) is 1.79. The second-order valence-electron chi connectivity index (χ2n) is 6.24. The molecule has 0 radical (unpaired) electrons. The number of carbonyl (C=O) groups is 2. The van der Waals surface area contributed by atoms with Crippen LogP contribution in [0.5, 0.6) is 0 Å². The smallest absolute Gasteiger partial charge is 0.250 e. The molecule has 6 nitrogen and oxygen atoms in total. The van der Waals surface area contributed by atoms with E-state index in [1.54, 1.807) is 4.90 Å². The number of nitrogens with zero attached hydrogens (tertiary/aromatic N) is 1. The molecule has 1 aromatic carbocycles. The van der Waals surface area contributed by atoms with Crippen LogP contribution in [0, 0.1) is 6.92 Å². The molecule has 4 N–H and O–H groups in total. The number of nitrogens with one attached hydrogen (secondary N) is 1. The van der Waals surface area contributed by atoms with Crippen LogP contribution in [0.4, 0.5) is 0 Å². The SMILES string of the molecule is Cc1ccccc1CCNC(=O)CN1CCC[C@](O)(C(N)=O)C1. The summed E-state index contributed by atoms with van der Waals surface area (Å²) in [6, 6.07) is 8.09. The number of nitrogens with two attached hydrogens (primary N) is 1. The zero-order valence-corrected chi connectivity index (χ0v) is 13.5. The number of hydrogen-bond acceptors (Lipinski definition) is 4. The largest absolute Gasteiger partial charge is 0.379 e. The van der Waals surface area contributed by atoms with Crippen LogP contribution in [-0.4, -0.2) is 53.6 Å². The van der Waals surface area contributed by atoms with Gasteiger partial charge in [-0.1, -0.05) is 24.3 Å². The Kier molecular flexibility index (Phi) is 5.74. The molecule has 2 rings (SSSR count). The third-order valence-corrected chi connectivity index (χ3v) is 4.35. The van der Waals surface area contributed by atoms with Crippen molar-refractivity contribution in [2.45, 2.75) is 31.8 Å². The van der Waals surface area contributed by atoms with E-state index in [0.717, 1.165) is 6.42 Å². The van der Waals surface area contributed by atoms with Gasteiger partial charge in [0.05, 0.1) is 6.54 Å². The second kappa shape index (κ2) is 7.57. The van der Waals surface area contributed by atoms with Gasteiger partial charge in [-0.15, -0.1) is 0 Å². The Bertz CT molecular complexity index is 576. The Morgan fingerprint density at radius 2 is 2.13 bits per heavy atom. The lowest BCUT2D eigenvalue weighted by molar-refractivity contribution is -0.143. The summed E-state index contributed by atoms with van der Waals surface area (Å²) in [7, 11) is 0. The van der Waals surface area contributed by atoms with Crippen LogP contribution in [0.2, 0.25) is 0 Å². The Morgan fingerprint density at radius 1 is 1.39 bits per heavy atom. The maximum atomic E-state index is 12.0. The number of likely N-dealkylation sites (tertiary alicyclic amines) is 1. The van der Waals surface area contributed by atoms with E-state index in [9.17, 15) is 14.7 Å². The Hall–Kier alpha value is -1.92. The number of carbonyl (C=O) groups excluding carboxylic acids is 2. The van der Waals surface area contributed by atoms with Crippen molar-refractivity contribution in [2.24, 2.45) is 5.73 Å². The van der Waals surface area contributed by atoms with Crippen molar-refractivity contribution in [3.8, 4) is 0 Å². The molecule has 0 aliphatic carbocycles. The number of benzene rings is 1. The molecule has 1 heterocycles. The highest BCUT2D eigenvalue weighted by atomic mass is 16.3. The minimum Gasteiger partial charge on any atom is -0.379 e. The average molecular weight is 319 g/mol. The summed E-state index contributed by atoms with van der Waals surface area (Å²) in [5, 5.41) is 13.0. The summed E-state index contributed by atoms with van der Waals surface area (Å²) >= 11 is 0. The molecule has 0 saturated carbocycles. The summed E-state index contributed by atoms with van der Waals surface area (Å²) in [5.74, 6) is -0.825. The minimum absolute atomic E-state index is 0.104. The topological polar surface area (TPSA) is 95.7 Å². The highest BCUT2D eigenvalue weighted by Crippen LogP contribution is 2.20. The summed E-state index contributed by atoms with van der Waals surface area (Å²) < 4.78 is 0. The lowest BCUT2D eigenvalue weighted by Gasteiger charge is -2.36. The van der Waals surface area contributed by atoms with Crippen LogP contribution in [0.25, 0.3) is 0 Å². The predicted molar refractivity (Wildman–Crippen MR) is 87.7 cm³/mol. The maximum Gasteiger partial charge on any atom is 0.250 e. The molecule has 23 heavy (non-hydrogen) atoms. The Labute approximate surface area is 136 Å². The highest BCUT2D eigenvalue weighted by molar-refractivity contribution is 5.84. The van der Waals surface area contributed by atoms with Crippen molar-refractivity contribution in [1.82, 2.24) is 10.2 Å². The zero-order valence-electron chi connectivity index (χ0n) is 13.5. The molecule has 0 spiro atoms. The van der Waals surface area contributed by atoms with Crippen LogP contribution in [0.3, 0.4) is 0 Å². The normalized spacial score (nSPS) is 21.8. The van der Waals surface area contributed by atoms with Gasteiger partial charge < -0.3 is 16.2 Å². The van der Waals surface area contributed by atoms with Crippen LogP contribution < -0.4 is 11.1 Å². The van der Waals surface area contributed by atoms with E-state index < -0.39 is 11.5 Å². The van der Waals surface area contributed by atoms with Gasteiger partial charge in [0.25, 0.3) is 5.91 Å². The summed E-state index contributed by atoms with van der Waals surface area (Å²) in [4.78, 5) is 25.1. The Balaban J connectivity index is 1.76. The Morgan fingerprint density at radius 3 is 2.83 bits per heavy atom. The number of hydrogen-bond donors (Lipinski definition) is 3. The van der Waals surface area contributed by atoms with Crippen molar-refractivity contribution in [3.05, 3.63) is 35.4 Å². The van der Waals surface area contributed by atoms with Crippen molar-refractivity contribution in [2.75, 3.05) is 26.2 Å². The van der Waals surface area contributed by atoms with Gasteiger partial charge in [0.1, 0.15) is 0 Å². The van der Waals surface area contributed by atoms with Crippen LogP contribution >= 0.6 is 0 Å². The van der Waals surface area contributed by atoms with E-state index in [2.05, 4.69) is 24.4 Å². The fourth-order valence-electron chi connectivity index (χ4n) is 2.95. The molecule has 0 aromatic heterocycles. The molecule has 1 fully saturated rings. The lowest BCUT2D eigenvalue weighted by atomic mass is 9.92. The molecule has 0 unspecified atom stereocenters.